The first-order valence-corrected chi connectivity index (χ1v) is 10.7. The Morgan fingerprint density at radius 3 is 2.42 bits per heavy atom. The molecule has 0 saturated carbocycles. The first-order chi connectivity index (χ1) is 12.6. The Balaban J connectivity index is 1.89. The highest BCUT2D eigenvalue weighted by atomic mass is 16.5. The molecule has 5 nitrogen and oxygen atoms in total. The molecule has 26 heavy (non-hydrogen) atoms. The molecule has 1 unspecified atom stereocenters. The van der Waals surface area contributed by atoms with Crippen molar-refractivity contribution in [3.05, 3.63) is 0 Å². The Hall–Kier alpha value is -1.10. The van der Waals surface area contributed by atoms with Gasteiger partial charge in [-0.1, -0.05) is 32.6 Å². The second-order valence-corrected chi connectivity index (χ2v) is 7.80. The predicted molar refractivity (Wildman–Crippen MR) is 106 cm³/mol. The smallest absolute Gasteiger partial charge is 0.305 e. The van der Waals surface area contributed by atoms with Gasteiger partial charge in [-0.15, -0.1) is 0 Å². The predicted octanol–water partition coefficient (Wildman–Crippen LogP) is 3.91. The Kier molecular flexibility index (Phi) is 13.2. The molecule has 1 amide bonds. The number of likely N-dealkylation sites (tertiary alicyclic amines) is 1. The van der Waals surface area contributed by atoms with E-state index >= 15 is 0 Å². The van der Waals surface area contributed by atoms with Crippen molar-refractivity contribution in [2.45, 2.75) is 84.0 Å². The fraction of sp³-hybridized carbons (Fsp3) is 0.905. The van der Waals surface area contributed by atoms with Crippen molar-refractivity contribution in [3.8, 4) is 0 Å². The van der Waals surface area contributed by atoms with Gasteiger partial charge in [0.15, 0.2) is 0 Å². The Labute approximate surface area is 160 Å². The lowest BCUT2D eigenvalue weighted by atomic mass is 10.0. The monoisotopic (exact) mass is 368 g/mol. The highest BCUT2D eigenvalue weighted by Crippen LogP contribution is 2.14. The summed E-state index contributed by atoms with van der Waals surface area (Å²) in [4.78, 5) is 25.5. The third-order valence-electron chi connectivity index (χ3n) is 5.26. The molecule has 1 rings (SSSR count). The summed E-state index contributed by atoms with van der Waals surface area (Å²) in [7, 11) is 1.43. The maximum Gasteiger partial charge on any atom is 0.305 e. The fourth-order valence-corrected chi connectivity index (χ4v) is 3.59. The van der Waals surface area contributed by atoms with Gasteiger partial charge in [0.2, 0.25) is 5.91 Å². The molecular formula is C21H40N2O3. The SMILES string of the molecule is COC(=O)CCCCCCCNC(=O)CC(C)CCCN1CCCCC1. The minimum Gasteiger partial charge on any atom is -0.469 e. The van der Waals surface area contributed by atoms with Crippen LogP contribution in [-0.4, -0.2) is 50.1 Å². The Morgan fingerprint density at radius 2 is 1.69 bits per heavy atom. The minimum atomic E-state index is -0.123. The summed E-state index contributed by atoms with van der Waals surface area (Å²) in [6, 6.07) is 0. The molecule has 0 spiro atoms. The van der Waals surface area contributed by atoms with Crippen molar-refractivity contribution in [2.24, 2.45) is 5.92 Å². The van der Waals surface area contributed by atoms with Crippen LogP contribution in [0.25, 0.3) is 0 Å². The van der Waals surface area contributed by atoms with Crippen molar-refractivity contribution in [2.75, 3.05) is 33.3 Å². The van der Waals surface area contributed by atoms with E-state index in [2.05, 4.69) is 21.9 Å². The number of unbranched alkanes of at least 4 members (excludes halogenated alkanes) is 4. The average Bonchev–Trinajstić information content (AvgIpc) is 2.64. The summed E-state index contributed by atoms with van der Waals surface area (Å²) in [5, 5.41) is 3.05. The number of carbonyl (C=O) groups is 2. The van der Waals surface area contributed by atoms with Gasteiger partial charge in [0.05, 0.1) is 7.11 Å². The van der Waals surface area contributed by atoms with Gasteiger partial charge in [-0.2, -0.15) is 0 Å². The lowest BCUT2D eigenvalue weighted by Crippen LogP contribution is -2.31. The second kappa shape index (κ2) is 15.0. The van der Waals surface area contributed by atoms with E-state index in [1.165, 1.54) is 52.4 Å². The van der Waals surface area contributed by atoms with Gasteiger partial charge in [0.1, 0.15) is 0 Å². The molecule has 152 valence electrons. The van der Waals surface area contributed by atoms with Crippen LogP contribution >= 0.6 is 0 Å². The normalized spacial score (nSPS) is 16.2. The maximum atomic E-state index is 12.0. The average molecular weight is 369 g/mol. The van der Waals surface area contributed by atoms with Crippen molar-refractivity contribution in [3.63, 3.8) is 0 Å². The van der Waals surface area contributed by atoms with E-state index in [4.69, 9.17) is 0 Å². The van der Waals surface area contributed by atoms with Crippen molar-refractivity contribution < 1.29 is 14.3 Å². The van der Waals surface area contributed by atoms with E-state index < -0.39 is 0 Å². The lowest BCUT2D eigenvalue weighted by molar-refractivity contribution is -0.140. The first-order valence-electron chi connectivity index (χ1n) is 10.7. The van der Waals surface area contributed by atoms with E-state index in [0.717, 1.165) is 45.1 Å². The third-order valence-corrected chi connectivity index (χ3v) is 5.26. The summed E-state index contributed by atoms with van der Waals surface area (Å²) < 4.78 is 4.62. The van der Waals surface area contributed by atoms with Crippen molar-refractivity contribution in [1.29, 1.82) is 0 Å². The van der Waals surface area contributed by atoms with Crippen LogP contribution in [-0.2, 0) is 14.3 Å². The number of nitrogens with zero attached hydrogens (tertiary/aromatic N) is 1. The highest BCUT2D eigenvalue weighted by Gasteiger charge is 2.12. The van der Waals surface area contributed by atoms with Gasteiger partial charge in [0.25, 0.3) is 0 Å². The molecule has 0 bridgehead atoms. The molecule has 1 heterocycles. The summed E-state index contributed by atoms with van der Waals surface area (Å²) in [5.41, 5.74) is 0. The van der Waals surface area contributed by atoms with Crippen molar-refractivity contribution in [1.82, 2.24) is 10.2 Å². The number of nitrogens with one attached hydrogen (secondary N) is 1. The molecule has 1 fully saturated rings. The molecule has 0 aromatic rings. The third kappa shape index (κ3) is 12.3. The molecule has 0 aromatic carbocycles. The zero-order chi connectivity index (χ0) is 19.0. The minimum absolute atomic E-state index is 0.123. The number of amides is 1. The van der Waals surface area contributed by atoms with E-state index in [1.54, 1.807) is 0 Å². The topological polar surface area (TPSA) is 58.6 Å². The van der Waals surface area contributed by atoms with E-state index in [0.29, 0.717) is 18.8 Å². The van der Waals surface area contributed by atoms with Crippen molar-refractivity contribution >= 4 is 11.9 Å². The van der Waals surface area contributed by atoms with Gasteiger partial charge in [-0.05, 0) is 64.1 Å². The largest absolute Gasteiger partial charge is 0.469 e. The molecule has 0 radical (unpaired) electrons. The van der Waals surface area contributed by atoms with E-state index in [9.17, 15) is 9.59 Å². The van der Waals surface area contributed by atoms with Crippen LogP contribution in [0.1, 0.15) is 84.0 Å². The standard InChI is InChI=1S/C21H40N2O3/c1-19(12-11-17-23-15-9-6-10-16-23)18-20(24)22-14-8-5-3-4-7-13-21(25)26-2/h19H,3-18H2,1-2H3,(H,22,24). The second-order valence-electron chi connectivity index (χ2n) is 7.80. The number of hydrogen-bond acceptors (Lipinski definition) is 4. The summed E-state index contributed by atoms with van der Waals surface area (Å²) >= 11 is 0. The zero-order valence-electron chi connectivity index (χ0n) is 17.1. The zero-order valence-corrected chi connectivity index (χ0v) is 17.1. The van der Waals surface area contributed by atoms with Crippen LogP contribution in [0.5, 0.6) is 0 Å². The van der Waals surface area contributed by atoms with Gasteiger partial charge < -0.3 is 15.0 Å². The van der Waals surface area contributed by atoms with Crippen LogP contribution in [0.3, 0.4) is 0 Å². The van der Waals surface area contributed by atoms with Crippen LogP contribution < -0.4 is 5.32 Å². The van der Waals surface area contributed by atoms with Gasteiger partial charge in [-0.3, -0.25) is 9.59 Å². The number of esters is 1. The van der Waals surface area contributed by atoms with E-state index in [-0.39, 0.29) is 11.9 Å². The fourth-order valence-electron chi connectivity index (χ4n) is 3.59. The summed E-state index contributed by atoms with van der Waals surface area (Å²) in [6.07, 6.45) is 12.8. The number of ether oxygens (including phenoxy) is 1. The number of piperidine rings is 1. The molecule has 1 N–H and O–H groups in total. The Morgan fingerprint density at radius 1 is 1.00 bits per heavy atom. The molecule has 1 aliphatic heterocycles. The number of hydrogen-bond donors (Lipinski definition) is 1. The van der Waals surface area contributed by atoms with Crippen LogP contribution in [0.2, 0.25) is 0 Å². The molecule has 0 aliphatic carbocycles. The molecule has 1 saturated heterocycles. The number of carbonyl (C=O) groups excluding carboxylic acids is 2. The summed E-state index contributed by atoms with van der Waals surface area (Å²) in [5.74, 6) is 0.543. The van der Waals surface area contributed by atoms with Crippen LogP contribution in [0, 0.1) is 5.92 Å². The lowest BCUT2D eigenvalue weighted by Gasteiger charge is -2.26. The molecule has 0 aromatic heterocycles. The number of rotatable bonds is 14. The van der Waals surface area contributed by atoms with E-state index in [1.807, 2.05) is 0 Å². The van der Waals surface area contributed by atoms with Crippen LogP contribution in [0.15, 0.2) is 0 Å². The van der Waals surface area contributed by atoms with Gasteiger partial charge >= 0.3 is 5.97 Å². The highest BCUT2D eigenvalue weighted by molar-refractivity contribution is 5.76. The maximum absolute atomic E-state index is 12.0. The molecular weight excluding hydrogens is 328 g/mol. The summed E-state index contributed by atoms with van der Waals surface area (Å²) in [6.45, 7) is 6.68. The molecule has 5 heteroatoms. The first kappa shape index (κ1) is 22.9. The molecule has 1 atom stereocenters. The molecule has 1 aliphatic rings. The van der Waals surface area contributed by atoms with Crippen LogP contribution in [0.4, 0.5) is 0 Å². The quantitative estimate of drug-likeness (QED) is 0.373. The van der Waals surface area contributed by atoms with Gasteiger partial charge in [-0.25, -0.2) is 0 Å². The van der Waals surface area contributed by atoms with Gasteiger partial charge in [0, 0.05) is 19.4 Å². The Bertz CT molecular complexity index is 381. The number of methoxy groups -OCH3 is 1.